The van der Waals surface area contributed by atoms with Crippen molar-refractivity contribution in [3.8, 4) is 0 Å². The van der Waals surface area contributed by atoms with Gasteiger partial charge in [-0.05, 0) is 63.4 Å². The Morgan fingerprint density at radius 3 is 2.54 bits per heavy atom. The second-order valence-electron chi connectivity index (χ2n) is 6.76. The second-order valence-corrected chi connectivity index (χ2v) is 6.76. The van der Waals surface area contributed by atoms with E-state index in [1.54, 1.807) is 12.4 Å². The number of carbonyl (C=O) groups excluding carboxylic acids is 1. The third-order valence-corrected chi connectivity index (χ3v) is 5.00. The molecule has 1 aliphatic heterocycles. The number of amides is 1. The van der Waals surface area contributed by atoms with Gasteiger partial charge in [-0.2, -0.15) is 0 Å². The Balaban J connectivity index is 1.76. The normalized spacial score (nSPS) is 13.7. The summed E-state index contributed by atoms with van der Waals surface area (Å²) in [4.78, 5) is 21.0. The van der Waals surface area contributed by atoms with Crippen LogP contribution in [0.25, 0.3) is 0 Å². The summed E-state index contributed by atoms with van der Waals surface area (Å²) in [5.41, 5.74) is 4.93. The zero-order valence-electron chi connectivity index (χ0n) is 16.0. The summed E-state index contributed by atoms with van der Waals surface area (Å²) >= 11 is 0. The van der Waals surface area contributed by atoms with Gasteiger partial charge in [-0.1, -0.05) is 0 Å². The number of hydrogen-bond acceptors (Lipinski definition) is 4. The number of aromatic nitrogens is 1. The van der Waals surface area contributed by atoms with Gasteiger partial charge in [-0.25, -0.2) is 0 Å². The number of carbonyl (C=O) groups is 1. The van der Waals surface area contributed by atoms with Crippen LogP contribution in [-0.4, -0.2) is 42.0 Å². The van der Waals surface area contributed by atoms with Crippen molar-refractivity contribution in [3.63, 3.8) is 0 Å². The molecular weight excluding hydrogens is 324 g/mol. The summed E-state index contributed by atoms with van der Waals surface area (Å²) in [5, 5.41) is 3.41. The lowest BCUT2D eigenvalue weighted by molar-refractivity contribution is 0.0792. The summed E-state index contributed by atoms with van der Waals surface area (Å²) in [6.07, 6.45) is 5.60. The monoisotopic (exact) mass is 352 g/mol. The molecule has 3 rings (SSSR count). The van der Waals surface area contributed by atoms with Crippen LogP contribution < -0.4 is 10.2 Å². The van der Waals surface area contributed by atoms with Crippen molar-refractivity contribution in [2.24, 2.45) is 0 Å². The third kappa shape index (κ3) is 3.98. The highest BCUT2D eigenvalue weighted by Gasteiger charge is 2.20. The Hall–Kier alpha value is -2.56. The fourth-order valence-electron chi connectivity index (χ4n) is 3.46. The Morgan fingerprint density at radius 1 is 1.15 bits per heavy atom. The zero-order chi connectivity index (χ0) is 18.5. The third-order valence-electron chi connectivity index (χ3n) is 5.00. The maximum atomic E-state index is 12.6. The molecule has 0 unspecified atom stereocenters. The van der Waals surface area contributed by atoms with Gasteiger partial charge in [0, 0.05) is 43.8 Å². The van der Waals surface area contributed by atoms with Gasteiger partial charge < -0.3 is 15.1 Å². The fourth-order valence-corrected chi connectivity index (χ4v) is 3.46. The fraction of sp³-hybridized carbons (Fsp3) is 0.429. The second kappa shape index (κ2) is 8.21. The van der Waals surface area contributed by atoms with Crippen molar-refractivity contribution in [2.45, 2.75) is 33.6 Å². The lowest BCUT2D eigenvalue weighted by Crippen LogP contribution is -2.27. The van der Waals surface area contributed by atoms with E-state index in [2.05, 4.69) is 54.2 Å². The first kappa shape index (κ1) is 18.2. The summed E-state index contributed by atoms with van der Waals surface area (Å²) in [6, 6.07) is 8.32. The number of pyridine rings is 1. The van der Waals surface area contributed by atoms with Crippen LogP contribution in [0.1, 0.15) is 42.6 Å². The van der Waals surface area contributed by atoms with E-state index >= 15 is 0 Å². The van der Waals surface area contributed by atoms with Crippen molar-refractivity contribution >= 4 is 23.0 Å². The maximum absolute atomic E-state index is 12.6. The van der Waals surface area contributed by atoms with E-state index in [0.717, 1.165) is 50.4 Å². The molecule has 1 aliphatic rings. The smallest absolute Gasteiger partial charge is 0.255 e. The quantitative estimate of drug-likeness (QED) is 0.846. The summed E-state index contributed by atoms with van der Waals surface area (Å²) in [5.74, 6) is 0.0762. The average Bonchev–Trinajstić information content (AvgIpc) is 3.19. The van der Waals surface area contributed by atoms with Crippen LogP contribution in [-0.2, 0) is 0 Å². The van der Waals surface area contributed by atoms with Gasteiger partial charge in [-0.15, -0.1) is 0 Å². The van der Waals surface area contributed by atoms with Crippen molar-refractivity contribution in [2.75, 3.05) is 36.4 Å². The number of benzene rings is 1. The molecule has 1 N–H and O–H groups in total. The van der Waals surface area contributed by atoms with E-state index < -0.39 is 0 Å². The molecule has 0 bridgehead atoms. The molecule has 26 heavy (non-hydrogen) atoms. The van der Waals surface area contributed by atoms with E-state index in [0.29, 0.717) is 5.56 Å². The predicted octanol–water partition coefficient (Wildman–Crippen LogP) is 4.22. The molecule has 138 valence electrons. The highest BCUT2D eigenvalue weighted by molar-refractivity contribution is 5.95. The molecule has 2 heterocycles. The standard InChI is InChI=1S/C21H28N4O/c1-4-24(5-2)19-8-9-20(16(3)12-19)23-18-13-17(14-22-15-18)21(26)25-10-6-7-11-25/h8-9,12-15,23H,4-7,10-11H2,1-3H3. The van der Waals surface area contributed by atoms with E-state index in [1.807, 2.05) is 11.0 Å². The van der Waals surface area contributed by atoms with E-state index in [4.69, 9.17) is 0 Å². The number of anilines is 3. The number of likely N-dealkylation sites (tertiary alicyclic amines) is 1. The van der Waals surface area contributed by atoms with Gasteiger partial charge in [0.15, 0.2) is 0 Å². The number of nitrogens with one attached hydrogen (secondary N) is 1. The first-order chi connectivity index (χ1) is 12.6. The van der Waals surface area contributed by atoms with Crippen LogP contribution in [0.3, 0.4) is 0 Å². The summed E-state index contributed by atoms with van der Waals surface area (Å²) in [6.45, 7) is 10.1. The van der Waals surface area contributed by atoms with Crippen LogP contribution >= 0.6 is 0 Å². The van der Waals surface area contributed by atoms with Crippen molar-refractivity contribution < 1.29 is 4.79 Å². The highest BCUT2D eigenvalue weighted by atomic mass is 16.2. The van der Waals surface area contributed by atoms with Crippen molar-refractivity contribution in [1.29, 1.82) is 0 Å². The molecule has 0 atom stereocenters. The molecule has 5 nitrogen and oxygen atoms in total. The molecule has 0 saturated carbocycles. The van der Waals surface area contributed by atoms with Gasteiger partial charge in [0.05, 0.1) is 17.4 Å². The lowest BCUT2D eigenvalue weighted by atomic mass is 10.1. The number of aryl methyl sites for hydroxylation is 1. The molecule has 1 saturated heterocycles. The summed E-state index contributed by atoms with van der Waals surface area (Å²) < 4.78 is 0. The van der Waals surface area contributed by atoms with Gasteiger partial charge in [-0.3, -0.25) is 9.78 Å². The molecule has 0 radical (unpaired) electrons. The first-order valence-corrected chi connectivity index (χ1v) is 9.49. The minimum atomic E-state index is 0.0762. The topological polar surface area (TPSA) is 48.5 Å². The largest absolute Gasteiger partial charge is 0.372 e. The highest BCUT2D eigenvalue weighted by Crippen LogP contribution is 2.26. The molecule has 2 aromatic rings. The molecular formula is C21H28N4O. The number of nitrogens with zero attached hydrogens (tertiary/aromatic N) is 3. The van der Waals surface area contributed by atoms with E-state index in [1.165, 1.54) is 11.3 Å². The molecule has 1 amide bonds. The van der Waals surface area contributed by atoms with Crippen LogP contribution in [0, 0.1) is 6.92 Å². The minimum Gasteiger partial charge on any atom is -0.372 e. The lowest BCUT2D eigenvalue weighted by Gasteiger charge is -2.22. The van der Waals surface area contributed by atoms with E-state index in [9.17, 15) is 4.79 Å². The first-order valence-electron chi connectivity index (χ1n) is 9.49. The number of rotatable bonds is 6. The summed E-state index contributed by atoms with van der Waals surface area (Å²) in [7, 11) is 0. The molecule has 1 aromatic carbocycles. The predicted molar refractivity (Wildman–Crippen MR) is 107 cm³/mol. The van der Waals surface area contributed by atoms with Gasteiger partial charge in [0.25, 0.3) is 5.91 Å². The maximum Gasteiger partial charge on any atom is 0.255 e. The van der Waals surface area contributed by atoms with Gasteiger partial charge in [0.2, 0.25) is 0 Å². The molecule has 5 heteroatoms. The average molecular weight is 352 g/mol. The van der Waals surface area contributed by atoms with Gasteiger partial charge in [0.1, 0.15) is 0 Å². The van der Waals surface area contributed by atoms with Gasteiger partial charge >= 0.3 is 0 Å². The molecule has 0 spiro atoms. The van der Waals surface area contributed by atoms with Crippen LogP contribution in [0.4, 0.5) is 17.1 Å². The van der Waals surface area contributed by atoms with Crippen molar-refractivity contribution in [1.82, 2.24) is 9.88 Å². The Morgan fingerprint density at radius 2 is 1.88 bits per heavy atom. The van der Waals surface area contributed by atoms with Crippen LogP contribution in [0.5, 0.6) is 0 Å². The Labute approximate surface area is 156 Å². The SMILES string of the molecule is CCN(CC)c1ccc(Nc2cncc(C(=O)N3CCCC3)c2)c(C)c1. The zero-order valence-corrected chi connectivity index (χ0v) is 16.0. The minimum absolute atomic E-state index is 0.0762. The van der Waals surface area contributed by atoms with Crippen LogP contribution in [0.2, 0.25) is 0 Å². The Kier molecular flexibility index (Phi) is 5.76. The Bertz CT molecular complexity index is 764. The van der Waals surface area contributed by atoms with E-state index in [-0.39, 0.29) is 5.91 Å². The molecule has 1 fully saturated rings. The molecule has 0 aliphatic carbocycles. The molecule has 1 aromatic heterocycles. The van der Waals surface area contributed by atoms with Crippen molar-refractivity contribution in [3.05, 3.63) is 47.8 Å². The van der Waals surface area contributed by atoms with Crippen LogP contribution in [0.15, 0.2) is 36.7 Å². The number of hydrogen-bond donors (Lipinski definition) is 1.